The van der Waals surface area contributed by atoms with Gasteiger partial charge in [0.05, 0.1) is 25.7 Å². The third-order valence-electron chi connectivity index (χ3n) is 3.51. The van der Waals surface area contributed by atoms with E-state index in [4.69, 9.17) is 9.15 Å². The van der Waals surface area contributed by atoms with Crippen LogP contribution in [0.5, 0.6) is 5.75 Å². The van der Waals surface area contributed by atoms with Crippen LogP contribution in [0.2, 0.25) is 0 Å². The highest BCUT2D eigenvalue weighted by atomic mass is 32.2. The third kappa shape index (κ3) is 4.15. The first-order valence-electron chi connectivity index (χ1n) is 7.64. The van der Waals surface area contributed by atoms with Gasteiger partial charge in [-0.15, -0.1) is 0 Å². The molecule has 26 heavy (non-hydrogen) atoms. The number of carbonyl (C=O) groups is 1. The summed E-state index contributed by atoms with van der Waals surface area (Å²) < 4.78 is 15.1. The summed E-state index contributed by atoms with van der Waals surface area (Å²) in [6.07, 6.45) is 0. The number of esters is 1. The zero-order valence-corrected chi connectivity index (χ0v) is 15.0. The number of ether oxygens (including phenoxy) is 2. The second kappa shape index (κ2) is 7.92. The predicted molar refractivity (Wildman–Crippen MR) is 96.5 cm³/mol. The molecule has 0 saturated heterocycles. The Morgan fingerprint density at radius 1 is 1.19 bits per heavy atom. The summed E-state index contributed by atoms with van der Waals surface area (Å²) in [7, 11) is 2.88. The van der Waals surface area contributed by atoms with Gasteiger partial charge in [-0.25, -0.2) is 9.78 Å². The highest BCUT2D eigenvalue weighted by Crippen LogP contribution is 2.24. The van der Waals surface area contributed by atoms with Gasteiger partial charge in [0.15, 0.2) is 5.16 Å². The fourth-order valence-corrected chi connectivity index (χ4v) is 2.99. The van der Waals surface area contributed by atoms with Crippen molar-refractivity contribution in [3.05, 3.63) is 64.3 Å². The van der Waals surface area contributed by atoms with E-state index in [1.807, 2.05) is 24.3 Å². The number of aromatic nitrogens is 2. The second-order valence-electron chi connectivity index (χ2n) is 5.21. The Balaban J connectivity index is 1.76. The molecule has 7 nitrogen and oxygen atoms in total. The Hall–Kier alpha value is -3.00. The Kier molecular flexibility index (Phi) is 5.43. The highest BCUT2D eigenvalue weighted by molar-refractivity contribution is 7.98. The average Bonchev–Trinajstić information content (AvgIpc) is 3.14. The normalized spacial score (nSPS) is 10.5. The lowest BCUT2D eigenvalue weighted by Crippen LogP contribution is -2.08. The summed E-state index contributed by atoms with van der Waals surface area (Å²) in [5.74, 6) is 1.32. The highest BCUT2D eigenvalue weighted by Gasteiger charge is 2.12. The molecule has 0 aliphatic heterocycles. The van der Waals surface area contributed by atoms with Gasteiger partial charge in [-0.2, -0.15) is 0 Å². The molecule has 2 heterocycles. The maximum absolute atomic E-state index is 11.9. The van der Waals surface area contributed by atoms with Gasteiger partial charge in [-0.1, -0.05) is 11.8 Å². The van der Waals surface area contributed by atoms with Crippen LogP contribution in [0.1, 0.15) is 16.3 Å². The maximum atomic E-state index is 11.9. The van der Waals surface area contributed by atoms with Crippen LogP contribution in [0, 0.1) is 0 Å². The van der Waals surface area contributed by atoms with Crippen LogP contribution in [0.15, 0.2) is 56.8 Å². The van der Waals surface area contributed by atoms with E-state index in [1.165, 1.54) is 24.9 Å². The summed E-state index contributed by atoms with van der Waals surface area (Å²) in [4.78, 5) is 30.5. The number of H-pyrrole nitrogens is 1. The number of benzene rings is 1. The molecule has 0 amide bonds. The van der Waals surface area contributed by atoms with Crippen LogP contribution in [-0.2, 0) is 10.5 Å². The van der Waals surface area contributed by atoms with E-state index in [9.17, 15) is 9.59 Å². The molecule has 0 aliphatic rings. The van der Waals surface area contributed by atoms with Crippen molar-refractivity contribution in [3.63, 3.8) is 0 Å². The Morgan fingerprint density at radius 2 is 1.96 bits per heavy atom. The lowest BCUT2D eigenvalue weighted by atomic mass is 10.1. The number of furan rings is 1. The summed E-state index contributed by atoms with van der Waals surface area (Å²) in [5, 5.41) is 0.458. The van der Waals surface area contributed by atoms with Crippen LogP contribution >= 0.6 is 11.8 Å². The maximum Gasteiger partial charge on any atom is 0.373 e. The largest absolute Gasteiger partial charge is 0.497 e. The van der Waals surface area contributed by atoms with Gasteiger partial charge >= 0.3 is 5.97 Å². The fraction of sp³-hybridized carbons (Fsp3) is 0.167. The second-order valence-corrected chi connectivity index (χ2v) is 6.17. The summed E-state index contributed by atoms with van der Waals surface area (Å²) in [6, 6.07) is 12.0. The number of nitrogens with zero attached hydrogens (tertiary/aromatic N) is 1. The minimum absolute atomic E-state index is 0.136. The quantitative estimate of drug-likeness (QED) is 0.403. The number of methoxy groups -OCH3 is 2. The number of thioether (sulfide) groups is 1. The standard InChI is InChI=1S/C18H16N2O5S/c1-23-12-5-3-11(4-6-12)14-9-16(21)20-18(19-14)26-10-13-7-8-15(25-13)17(22)24-2/h3-9H,10H2,1-2H3,(H,19,20,21). The minimum Gasteiger partial charge on any atom is -0.497 e. The van der Waals surface area contributed by atoms with Crippen LogP contribution in [0.25, 0.3) is 11.3 Å². The van der Waals surface area contributed by atoms with E-state index in [0.29, 0.717) is 22.4 Å². The first-order valence-corrected chi connectivity index (χ1v) is 8.63. The summed E-state index contributed by atoms with van der Waals surface area (Å²) in [6.45, 7) is 0. The van der Waals surface area contributed by atoms with Crippen molar-refractivity contribution in [2.75, 3.05) is 14.2 Å². The zero-order chi connectivity index (χ0) is 18.5. The number of hydrogen-bond donors (Lipinski definition) is 1. The van der Waals surface area contributed by atoms with Crippen LogP contribution in [0.4, 0.5) is 0 Å². The first kappa shape index (κ1) is 17.8. The molecule has 134 valence electrons. The van der Waals surface area contributed by atoms with Crippen molar-refractivity contribution in [2.45, 2.75) is 10.9 Å². The molecule has 0 bridgehead atoms. The van der Waals surface area contributed by atoms with Gasteiger partial charge in [-0.3, -0.25) is 4.79 Å². The van der Waals surface area contributed by atoms with E-state index < -0.39 is 5.97 Å². The number of nitrogens with one attached hydrogen (secondary N) is 1. The third-order valence-corrected chi connectivity index (χ3v) is 4.40. The Labute approximate surface area is 153 Å². The summed E-state index contributed by atoms with van der Waals surface area (Å²) in [5.41, 5.74) is 1.13. The van der Waals surface area contributed by atoms with E-state index >= 15 is 0 Å². The molecule has 0 saturated carbocycles. The lowest BCUT2D eigenvalue weighted by Gasteiger charge is -2.05. The SMILES string of the molecule is COC(=O)c1ccc(CSc2nc(-c3ccc(OC)cc3)cc(=O)[nH]2)o1. The van der Waals surface area contributed by atoms with Gasteiger partial charge in [0.1, 0.15) is 11.5 Å². The van der Waals surface area contributed by atoms with Crippen molar-refractivity contribution >= 4 is 17.7 Å². The van der Waals surface area contributed by atoms with Crippen molar-refractivity contribution < 1.29 is 18.7 Å². The molecule has 0 spiro atoms. The number of rotatable bonds is 6. The Morgan fingerprint density at radius 3 is 2.65 bits per heavy atom. The van der Waals surface area contributed by atoms with Gasteiger partial charge in [-0.05, 0) is 36.4 Å². The van der Waals surface area contributed by atoms with Gasteiger partial charge in [0.2, 0.25) is 5.76 Å². The molecule has 0 aliphatic carbocycles. The monoisotopic (exact) mass is 372 g/mol. The van der Waals surface area contributed by atoms with Crippen LogP contribution < -0.4 is 10.3 Å². The predicted octanol–water partition coefficient (Wildman–Crippen LogP) is 3.12. The molecule has 0 atom stereocenters. The van der Waals surface area contributed by atoms with E-state index in [2.05, 4.69) is 14.7 Å². The van der Waals surface area contributed by atoms with E-state index in [-0.39, 0.29) is 11.3 Å². The van der Waals surface area contributed by atoms with Crippen molar-refractivity contribution in [1.82, 2.24) is 9.97 Å². The number of aromatic amines is 1. The van der Waals surface area contributed by atoms with Gasteiger partial charge in [0.25, 0.3) is 5.56 Å². The zero-order valence-electron chi connectivity index (χ0n) is 14.1. The van der Waals surface area contributed by atoms with Crippen molar-refractivity contribution in [2.24, 2.45) is 0 Å². The smallest absolute Gasteiger partial charge is 0.373 e. The number of hydrogen-bond acceptors (Lipinski definition) is 7. The number of carbonyl (C=O) groups excluding carboxylic acids is 1. The topological polar surface area (TPSA) is 94.4 Å². The fourth-order valence-electron chi connectivity index (χ4n) is 2.22. The van der Waals surface area contributed by atoms with Crippen LogP contribution in [0.3, 0.4) is 0 Å². The van der Waals surface area contributed by atoms with E-state index in [0.717, 1.165) is 11.3 Å². The van der Waals surface area contributed by atoms with Gasteiger partial charge in [0, 0.05) is 11.6 Å². The molecular weight excluding hydrogens is 356 g/mol. The van der Waals surface area contributed by atoms with E-state index in [1.54, 1.807) is 19.2 Å². The molecule has 3 rings (SSSR count). The lowest BCUT2D eigenvalue weighted by molar-refractivity contribution is 0.0563. The van der Waals surface area contributed by atoms with Gasteiger partial charge < -0.3 is 18.9 Å². The van der Waals surface area contributed by atoms with Crippen molar-refractivity contribution in [1.29, 1.82) is 0 Å². The Bertz CT molecular complexity index is 962. The van der Waals surface area contributed by atoms with Crippen molar-refractivity contribution in [3.8, 4) is 17.0 Å². The average molecular weight is 372 g/mol. The molecule has 0 unspecified atom stereocenters. The molecular formula is C18H16N2O5S. The summed E-state index contributed by atoms with van der Waals surface area (Å²) >= 11 is 1.30. The first-order chi connectivity index (χ1) is 12.6. The molecule has 0 radical (unpaired) electrons. The molecule has 3 aromatic rings. The minimum atomic E-state index is -0.533. The van der Waals surface area contributed by atoms with Crippen LogP contribution in [-0.4, -0.2) is 30.2 Å². The molecule has 1 N–H and O–H groups in total. The molecule has 2 aromatic heterocycles. The molecule has 0 fully saturated rings. The molecule has 8 heteroatoms. The molecule has 1 aromatic carbocycles.